The number of nitrogens with one attached hydrogen (secondary N) is 1. The molecule has 0 spiro atoms. The number of aryl methyl sites for hydroxylation is 1. The molecule has 158 valence electrons. The predicted octanol–water partition coefficient (Wildman–Crippen LogP) is 3.76. The van der Waals surface area contributed by atoms with Crippen LogP contribution in [-0.2, 0) is 27.4 Å². The molecule has 0 fully saturated rings. The van der Waals surface area contributed by atoms with Crippen molar-refractivity contribution in [3.8, 4) is 5.75 Å². The summed E-state index contributed by atoms with van der Waals surface area (Å²) in [5.41, 5.74) is 3.58. The van der Waals surface area contributed by atoms with Crippen LogP contribution in [0.2, 0.25) is 0 Å². The zero-order valence-corrected chi connectivity index (χ0v) is 18.2. The number of ether oxygens (including phenoxy) is 2. The Morgan fingerprint density at radius 3 is 2.77 bits per heavy atom. The van der Waals surface area contributed by atoms with Gasteiger partial charge in [0.25, 0.3) is 5.91 Å². The standard InChI is InChI=1S/C21H18N4O4S2/c1-13-5-7-15(8-6-13)28-11-19-22-14(12-30-19)9-20(27)29-10-18(26)23-16-3-2-4-17-21(16)25-31-24-17/h2-8,12H,9-11H2,1H3,(H,23,26). The Balaban J connectivity index is 1.23. The Morgan fingerprint density at radius 2 is 1.94 bits per heavy atom. The lowest BCUT2D eigenvalue weighted by Crippen LogP contribution is -2.21. The maximum atomic E-state index is 12.1. The number of anilines is 1. The summed E-state index contributed by atoms with van der Waals surface area (Å²) in [4.78, 5) is 28.6. The number of esters is 1. The smallest absolute Gasteiger partial charge is 0.312 e. The van der Waals surface area contributed by atoms with Crippen LogP contribution in [0.15, 0.2) is 47.8 Å². The Hall–Kier alpha value is -3.37. The van der Waals surface area contributed by atoms with Gasteiger partial charge in [-0.25, -0.2) is 4.98 Å². The summed E-state index contributed by atoms with van der Waals surface area (Å²) < 4.78 is 19.0. The summed E-state index contributed by atoms with van der Waals surface area (Å²) in [6.07, 6.45) is -0.0140. The van der Waals surface area contributed by atoms with Crippen molar-refractivity contribution in [2.45, 2.75) is 20.0 Å². The maximum absolute atomic E-state index is 12.1. The average Bonchev–Trinajstić information content (AvgIpc) is 3.42. The summed E-state index contributed by atoms with van der Waals surface area (Å²) in [6, 6.07) is 13.1. The highest BCUT2D eigenvalue weighted by atomic mass is 32.1. The minimum atomic E-state index is -0.528. The van der Waals surface area contributed by atoms with E-state index in [9.17, 15) is 9.59 Å². The average molecular weight is 455 g/mol. The van der Waals surface area contributed by atoms with Crippen molar-refractivity contribution in [1.82, 2.24) is 13.7 Å². The van der Waals surface area contributed by atoms with Crippen LogP contribution in [0.25, 0.3) is 11.0 Å². The van der Waals surface area contributed by atoms with E-state index in [4.69, 9.17) is 9.47 Å². The van der Waals surface area contributed by atoms with Crippen LogP contribution in [0.3, 0.4) is 0 Å². The molecule has 0 aliphatic carbocycles. The fourth-order valence-electron chi connectivity index (χ4n) is 2.71. The van der Waals surface area contributed by atoms with Crippen LogP contribution < -0.4 is 10.1 Å². The minimum Gasteiger partial charge on any atom is -0.486 e. The predicted molar refractivity (Wildman–Crippen MR) is 118 cm³/mol. The molecular formula is C21H18N4O4S2. The van der Waals surface area contributed by atoms with Gasteiger partial charge in [-0.1, -0.05) is 23.8 Å². The van der Waals surface area contributed by atoms with Crippen molar-refractivity contribution in [2.75, 3.05) is 11.9 Å². The van der Waals surface area contributed by atoms with E-state index in [0.717, 1.165) is 28.0 Å². The van der Waals surface area contributed by atoms with Crippen molar-refractivity contribution in [3.63, 3.8) is 0 Å². The molecule has 8 nitrogen and oxygen atoms in total. The SMILES string of the molecule is Cc1ccc(OCc2nc(CC(=O)OCC(=O)Nc3cccc4nsnc34)cs2)cc1. The van der Waals surface area contributed by atoms with E-state index in [2.05, 4.69) is 19.0 Å². The van der Waals surface area contributed by atoms with Gasteiger partial charge in [0.2, 0.25) is 0 Å². The van der Waals surface area contributed by atoms with Gasteiger partial charge in [-0.05, 0) is 31.2 Å². The third-order valence-electron chi connectivity index (χ3n) is 4.23. The van der Waals surface area contributed by atoms with Gasteiger partial charge >= 0.3 is 5.97 Å². The molecule has 0 saturated heterocycles. The molecule has 0 aliphatic rings. The molecule has 1 amide bonds. The third-order valence-corrected chi connectivity index (χ3v) is 5.65. The molecule has 4 rings (SSSR count). The summed E-state index contributed by atoms with van der Waals surface area (Å²) in [5, 5.41) is 5.23. The molecule has 2 aromatic carbocycles. The molecule has 2 aromatic heterocycles. The second-order valence-electron chi connectivity index (χ2n) is 6.66. The largest absolute Gasteiger partial charge is 0.486 e. The van der Waals surface area contributed by atoms with Gasteiger partial charge in [0, 0.05) is 5.38 Å². The highest BCUT2D eigenvalue weighted by molar-refractivity contribution is 7.09. The summed E-state index contributed by atoms with van der Waals surface area (Å²) in [5.74, 6) is -0.212. The van der Waals surface area contributed by atoms with E-state index in [0.29, 0.717) is 29.0 Å². The Morgan fingerprint density at radius 1 is 1.10 bits per heavy atom. The molecular weight excluding hydrogens is 436 g/mol. The Labute approximate surface area is 186 Å². The highest BCUT2D eigenvalue weighted by Gasteiger charge is 2.13. The maximum Gasteiger partial charge on any atom is 0.312 e. The fraction of sp³-hybridized carbons (Fsp3) is 0.190. The lowest BCUT2D eigenvalue weighted by molar-refractivity contribution is -0.146. The monoisotopic (exact) mass is 454 g/mol. The number of carbonyl (C=O) groups is 2. The van der Waals surface area contributed by atoms with Crippen LogP contribution in [-0.4, -0.2) is 32.2 Å². The number of thiazole rings is 1. The number of fused-ring (bicyclic) bond motifs is 1. The van der Waals surface area contributed by atoms with Crippen molar-refractivity contribution < 1.29 is 19.1 Å². The normalized spacial score (nSPS) is 10.7. The lowest BCUT2D eigenvalue weighted by Gasteiger charge is -2.06. The third kappa shape index (κ3) is 5.62. The van der Waals surface area contributed by atoms with E-state index in [1.165, 1.54) is 11.3 Å². The van der Waals surface area contributed by atoms with Crippen molar-refractivity contribution >= 4 is 51.7 Å². The van der Waals surface area contributed by atoms with Crippen LogP contribution in [0.1, 0.15) is 16.3 Å². The van der Waals surface area contributed by atoms with Crippen LogP contribution in [0.5, 0.6) is 5.75 Å². The summed E-state index contributed by atoms with van der Waals surface area (Å²) in [7, 11) is 0. The van der Waals surface area contributed by atoms with Gasteiger partial charge in [-0.15, -0.1) is 11.3 Å². The van der Waals surface area contributed by atoms with E-state index in [1.807, 2.05) is 37.3 Å². The van der Waals surface area contributed by atoms with Gasteiger partial charge < -0.3 is 14.8 Å². The summed E-state index contributed by atoms with van der Waals surface area (Å²) in [6.45, 7) is 1.95. The van der Waals surface area contributed by atoms with Crippen LogP contribution >= 0.6 is 23.1 Å². The molecule has 0 saturated carbocycles. The van der Waals surface area contributed by atoms with Gasteiger partial charge in [-0.2, -0.15) is 8.75 Å². The molecule has 4 aromatic rings. The van der Waals surface area contributed by atoms with E-state index >= 15 is 0 Å². The Bertz CT molecular complexity index is 1200. The van der Waals surface area contributed by atoms with Gasteiger partial charge in [0.1, 0.15) is 28.4 Å². The van der Waals surface area contributed by atoms with Crippen LogP contribution in [0.4, 0.5) is 5.69 Å². The first-order valence-electron chi connectivity index (χ1n) is 9.36. The zero-order chi connectivity index (χ0) is 21.6. The topological polar surface area (TPSA) is 103 Å². The lowest BCUT2D eigenvalue weighted by atomic mass is 10.2. The summed E-state index contributed by atoms with van der Waals surface area (Å²) >= 11 is 2.47. The van der Waals surface area contributed by atoms with Crippen molar-refractivity contribution in [3.05, 3.63) is 64.1 Å². The molecule has 31 heavy (non-hydrogen) atoms. The molecule has 0 radical (unpaired) electrons. The zero-order valence-electron chi connectivity index (χ0n) is 16.5. The van der Waals surface area contributed by atoms with Crippen LogP contribution in [0, 0.1) is 6.92 Å². The second kappa shape index (κ2) is 9.63. The molecule has 1 N–H and O–H groups in total. The number of hydrogen-bond acceptors (Lipinski definition) is 9. The number of aromatic nitrogens is 3. The number of carbonyl (C=O) groups excluding carboxylic acids is 2. The molecule has 0 bridgehead atoms. The number of rotatable bonds is 8. The Kier molecular flexibility index (Phi) is 6.48. The quantitative estimate of drug-likeness (QED) is 0.404. The molecule has 10 heteroatoms. The van der Waals surface area contributed by atoms with E-state index < -0.39 is 11.9 Å². The van der Waals surface area contributed by atoms with Gasteiger partial charge in [-0.3, -0.25) is 9.59 Å². The number of hydrogen-bond donors (Lipinski definition) is 1. The number of amides is 1. The first-order valence-corrected chi connectivity index (χ1v) is 11.0. The fourth-order valence-corrected chi connectivity index (χ4v) is 3.97. The highest BCUT2D eigenvalue weighted by Crippen LogP contribution is 2.21. The van der Waals surface area contributed by atoms with Gasteiger partial charge in [0.05, 0.1) is 29.5 Å². The van der Waals surface area contributed by atoms with E-state index in [-0.39, 0.29) is 13.0 Å². The van der Waals surface area contributed by atoms with E-state index in [1.54, 1.807) is 17.5 Å². The van der Waals surface area contributed by atoms with Crippen molar-refractivity contribution in [1.29, 1.82) is 0 Å². The first-order chi connectivity index (χ1) is 15.1. The second-order valence-corrected chi connectivity index (χ2v) is 8.13. The van der Waals surface area contributed by atoms with Crippen molar-refractivity contribution in [2.24, 2.45) is 0 Å². The molecule has 0 aliphatic heterocycles. The molecule has 0 atom stereocenters. The number of nitrogens with zero attached hydrogens (tertiary/aromatic N) is 3. The molecule has 0 unspecified atom stereocenters. The minimum absolute atomic E-state index is 0.0140. The number of benzene rings is 2. The first kappa shape index (κ1) is 20.9. The van der Waals surface area contributed by atoms with Gasteiger partial charge in [0.15, 0.2) is 6.61 Å². The molecule has 2 heterocycles.